The molecule has 1 fully saturated rings. The van der Waals surface area contributed by atoms with Crippen molar-refractivity contribution in [1.82, 2.24) is 14.9 Å². The van der Waals surface area contributed by atoms with Crippen LogP contribution in [0.15, 0.2) is 23.7 Å². The summed E-state index contributed by atoms with van der Waals surface area (Å²) in [7, 11) is 0. The van der Waals surface area contributed by atoms with Gasteiger partial charge in [0, 0.05) is 37.8 Å². The Morgan fingerprint density at radius 3 is 2.71 bits per heavy atom. The molecule has 0 aromatic carbocycles. The molecule has 3 heterocycles. The third-order valence-electron chi connectivity index (χ3n) is 3.33. The maximum absolute atomic E-state index is 12.5. The molecule has 0 saturated carbocycles. The molecule has 21 heavy (non-hydrogen) atoms. The van der Waals surface area contributed by atoms with E-state index in [1.807, 2.05) is 5.38 Å². The summed E-state index contributed by atoms with van der Waals surface area (Å²) in [6, 6.07) is 3.18. The van der Waals surface area contributed by atoms with Crippen molar-refractivity contribution in [3.8, 4) is 0 Å². The van der Waals surface area contributed by atoms with E-state index in [1.165, 1.54) is 0 Å². The Labute approximate surface area is 131 Å². The van der Waals surface area contributed by atoms with Gasteiger partial charge < -0.3 is 15.5 Å². The Morgan fingerprint density at radius 2 is 2.05 bits per heavy atom. The van der Waals surface area contributed by atoms with Gasteiger partial charge in [0.25, 0.3) is 5.91 Å². The minimum atomic E-state index is -0.175. The summed E-state index contributed by atoms with van der Waals surface area (Å²) >= 11 is 7.64. The van der Waals surface area contributed by atoms with E-state index in [0.29, 0.717) is 23.9 Å². The molecule has 3 rings (SSSR count). The van der Waals surface area contributed by atoms with Crippen LogP contribution in [-0.4, -0.2) is 47.0 Å². The van der Waals surface area contributed by atoms with Crippen molar-refractivity contribution in [1.29, 1.82) is 0 Å². The van der Waals surface area contributed by atoms with E-state index in [9.17, 15) is 4.79 Å². The fourth-order valence-corrected chi connectivity index (χ4v) is 3.11. The number of aromatic nitrogens is 2. The van der Waals surface area contributed by atoms with E-state index in [2.05, 4.69) is 14.9 Å². The quantitative estimate of drug-likeness (QED) is 0.911. The van der Waals surface area contributed by atoms with Gasteiger partial charge in [0.15, 0.2) is 5.13 Å². The van der Waals surface area contributed by atoms with Crippen LogP contribution in [0.1, 0.15) is 10.5 Å². The summed E-state index contributed by atoms with van der Waals surface area (Å²) < 4.78 is 0. The number of piperazine rings is 1. The summed E-state index contributed by atoms with van der Waals surface area (Å²) in [4.78, 5) is 24.7. The molecule has 1 amide bonds. The molecular weight excluding hydrogens is 310 g/mol. The van der Waals surface area contributed by atoms with Crippen LogP contribution in [0.25, 0.3) is 0 Å². The largest absolute Gasteiger partial charge is 0.384 e. The van der Waals surface area contributed by atoms with Crippen LogP contribution in [0.3, 0.4) is 0 Å². The molecular formula is C13H14ClN5OS. The van der Waals surface area contributed by atoms with Gasteiger partial charge in [-0.05, 0) is 12.1 Å². The van der Waals surface area contributed by atoms with Crippen molar-refractivity contribution in [2.24, 2.45) is 0 Å². The number of carbonyl (C=O) groups excluding carboxylic acids is 1. The van der Waals surface area contributed by atoms with Gasteiger partial charge in [-0.25, -0.2) is 9.97 Å². The molecule has 0 atom stereocenters. The summed E-state index contributed by atoms with van der Waals surface area (Å²) in [5.41, 5.74) is 5.85. The predicted octanol–water partition coefficient (Wildman–Crippen LogP) is 1.74. The van der Waals surface area contributed by atoms with Gasteiger partial charge in [-0.1, -0.05) is 11.6 Å². The number of nitrogen functional groups attached to an aromatic ring is 1. The van der Waals surface area contributed by atoms with Crippen LogP contribution in [-0.2, 0) is 0 Å². The Balaban J connectivity index is 1.69. The summed E-state index contributed by atoms with van der Waals surface area (Å²) in [6.07, 6.45) is 1.79. The van der Waals surface area contributed by atoms with E-state index in [4.69, 9.17) is 17.3 Å². The second-order valence-corrected chi connectivity index (χ2v) is 5.94. The molecule has 0 radical (unpaired) electrons. The fourth-order valence-electron chi connectivity index (χ4n) is 2.23. The summed E-state index contributed by atoms with van der Waals surface area (Å²) in [5, 5.41) is 3.27. The normalized spacial score (nSPS) is 15.3. The molecule has 8 heteroatoms. The van der Waals surface area contributed by atoms with Gasteiger partial charge in [0.05, 0.1) is 5.02 Å². The zero-order chi connectivity index (χ0) is 14.8. The summed E-state index contributed by atoms with van der Waals surface area (Å²) in [5.74, 6) is 0.121. The van der Waals surface area contributed by atoms with Crippen LogP contribution in [0, 0.1) is 0 Å². The second kappa shape index (κ2) is 5.87. The number of nitrogens with zero attached hydrogens (tertiary/aromatic N) is 4. The molecule has 0 bridgehead atoms. The number of halogens is 1. The molecule has 0 aliphatic carbocycles. The number of carbonyl (C=O) groups is 1. The lowest BCUT2D eigenvalue weighted by Gasteiger charge is -2.34. The number of thiazole rings is 1. The van der Waals surface area contributed by atoms with Gasteiger partial charge in [0.1, 0.15) is 11.5 Å². The zero-order valence-corrected chi connectivity index (χ0v) is 12.8. The topological polar surface area (TPSA) is 75.4 Å². The number of hydrogen-bond donors (Lipinski definition) is 1. The van der Waals surface area contributed by atoms with Crippen LogP contribution < -0.4 is 10.6 Å². The van der Waals surface area contributed by atoms with E-state index in [-0.39, 0.29) is 11.6 Å². The minimum Gasteiger partial charge on any atom is -0.384 e. The highest BCUT2D eigenvalue weighted by Crippen LogP contribution is 2.21. The third kappa shape index (κ3) is 2.93. The van der Waals surface area contributed by atoms with Crippen LogP contribution in [0.2, 0.25) is 5.02 Å². The lowest BCUT2D eigenvalue weighted by Crippen LogP contribution is -2.49. The highest BCUT2D eigenvalue weighted by Gasteiger charge is 2.25. The molecule has 6 nitrogen and oxygen atoms in total. The first-order chi connectivity index (χ1) is 10.1. The molecule has 2 aromatic heterocycles. The van der Waals surface area contributed by atoms with E-state index < -0.39 is 0 Å². The Morgan fingerprint density at radius 1 is 1.29 bits per heavy atom. The lowest BCUT2D eigenvalue weighted by atomic mass is 10.2. The van der Waals surface area contributed by atoms with Crippen molar-refractivity contribution in [2.75, 3.05) is 36.8 Å². The Bertz CT molecular complexity index is 640. The average molecular weight is 324 g/mol. The molecule has 1 saturated heterocycles. The van der Waals surface area contributed by atoms with Crippen molar-refractivity contribution >= 4 is 39.8 Å². The van der Waals surface area contributed by atoms with Crippen molar-refractivity contribution in [2.45, 2.75) is 0 Å². The molecule has 0 spiro atoms. The molecule has 2 N–H and O–H groups in total. The van der Waals surface area contributed by atoms with Crippen LogP contribution >= 0.6 is 22.9 Å². The first kappa shape index (κ1) is 14.1. The third-order valence-corrected chi connectivity index (χ3v) is 4.46. The average Bonchev–Trinajstić information content (AvgIpc) is 3.03. The molecule has 2 aromatic rings. The highest BCUT2D eigenvalue weighted by atomic mass is 35.5. The predicted molar refractivity (Wildman–Crippen MR) is 83.9 cm³/mol. The number of nitrogens with two attached hydrogens (primary N) is 1. The standard InChI is InChI=1S/C13H14ClN5OS/c14-9-1-2-10(15)17-11(9)12(20)18-4-6-19(7-5-18)13-16-3-8-21-13/h1-3,8H,4-7H2,(H2,15,17). The second-order valence-electron chi connectivity index (χ2n) is 4.66. The molecule has 1 aliphatic heterocycles. The summed E-state index contributed by atoms with van der Waals surface area (Å²) in [6.45, 7) is 2.73. The first-order valence-electron chi connectivity index (χ1n) is 6.51. The van der Waals surface area contributed by atoms with Crippen molar-refractivity contribution < 1.29 is 4.79 Å². The van der Waals surface area contributed by atoms with Crippen LogP contribution in [0.5, 0.6) is 0 Å². The first-order valence-corrected chi connectivity index (χ1v) is 7.76. The van der Waals surface area contributed by atoms with E-state index >= 15 is 0 Å². The Hall–Kier alpha value is -1.86. The van der Waals surface area contributed by atoms with Gasteiger partial charge in [0.2, 0.25) is 0 Å². The monoisotopic (exact) mass is 323 g/mol. The molecule has 0 unspecified atom stereocenters. The maximum atomic E-state index is 12.5. The lowest BCUT2D eigenvalue weighted by molar-refractivity contribution is 0.0741. The van der Waals surface area contributed by atoms with Crippen molar-refractivity contribution in [3.05, 3.63) is 34.4 Å². The number of hydrogen-bond acceptors (Lipinski definition) is 6. The van der Waals surface area contributed by atoms with Gasteiger partial charge in [-0.2, -0.15) is 0 Å². The zero-order valence-electron chi connectivity index (χ0n) is 11.2. The smallest absolute Gasteiger partial charge is 0.274 e. The van der Waals surface area contributed by atoms with E-state index in [0.717, 1.165) is 18.2 Å². The van der Waals surface area contributed by atoms with Gasteiger partial charge >= 0.3 is 0 Å². The maximum Gasteiger partial charge on any atom is 0.274 e. The van der Waals surface area contributed by atoms with E-state index in [1.54, 1.807) is 34.6 Å². The number of pyridine rings is 1. The molecule has 1 aliphatic rings. The minimum absolute atomic E-state index is 0.175. The number of anilines is 2. The van der Waals surface area contributed by atoms with Crippen LogP contribution in [0.4, 0.5) is 10.9 Å². The number of amides is 1. The number of rotatable bonds is 2. The Kier molecular flexibility index (Phi) is 3.94. The fraction of sp³-hybridized carbons (Fsp3) is 0.308. The van der Waals surface area contributed by atoms with Gasteiger partial charge in [-0.3, -0.25) is 4.79 Å². The highest BCUT2D eigenvalue weighted by molar-refractivity contribution is 7.13. The SMILES string of the molecule is Nc1ccc(Cl)c(C(=O)N2CCN(c3nccs3)CC2)n1. The van der Waals surface area contributed by atoms with Gasteiger partial charge in [-0.15, -0.1) is 11.3 Å². The molecule has 110 valence electrons. The van der Waals surface area contributed by atoms with Crippen molar-refractivity contribution in [3.63, 3.8) is 0 Å².